The molecule has 0 aliphatic rings. The quantitative estimate of drug-likeness (QED) is 0.284. The Bertz CT molecular complexity index is 959. The van der Waals surface area contributed by atoms with Gasteiger partial charge in [-0.2, -0.15) is 0 Å². The van der Waals surface area contributed by atoms with E-state index in [9.17, 15) is 20.0 Å². The Labute approximate surface area is 141 Å². The molecule has 9 nitrogen and oxygen atoms in total. The van der Waals surface area contributed by atoms with Gasteiger partial charge in [-0.1, -0.05) is 0 Å². The first-order valence-corrected chi connectivity index (χ1v) is 7.24. The van der Waals surface area contributed by atoms with Crippen molar-refractivity contribution >= 4 is 51.0 Å². The molecule has 0 spiro atoms. The van der Waals surface area contributed by atoms with Gasteiger partial charge in [0.2, 0.25) is 11.6 Å². The van der Waals surface area contributed by atoms with Gasteiger partial charge < -0.3 is 14.5 Å². The molecule has 0 atom stereocenters. The fraction of sp³-hybridized carbons (Fsp3) is 0. The highest BCUT2D eigenvalue weighted by molar-refractivity contribution is 14.1. The number of furan rings is 1. The molecule has 10 heteroatoms. The Morgan fingerprint density at radius 1 is 1.35 bits per heavy atom. The Balaban J connectivity index is 1.93. The number of nitrogens with one attached hydrogen (secondary N) is 1. The maximum Gasteiger partial charge on any atom is 0.433 e. The number of azo groups is 1. The fourth-order valence-corrected chi connectivity index (χ4v) is 2.41. The number of hydrogen-bond acceptors (Lipinski definition) is 6. The number of carbonyl (C=O) groups is 1. The highest BCUT2D eigenvalue weighted by Gasteiger charge is 2.18. The number of nitro groups is 1. The number of benzene rings is 1. The summed E-state index contributed by atoms with van der Waals surface area (Å²) in [5, 5.41) is 28.1. The van der Waals surface area contributed by atoms with Gasteiger partial charge in [0, 0.05) is 8.96 Å². The van der Waals surface area contributed by atoms with Crippen LogP contribution in [0.2, 0.25) is 0 Å². The van der Waals surface area contributed by atoms with E-state index >= 15 is 0 Å². The molecule has 0 saturated heterocycles. The number of aromatic amines is 1. The second-order valence-corrected chi connectivity index (χ2v) is 5.66. The van der Waals surface area contributed by atoms with E-state index in [1.807, 2.05) is 6.07 Å². The average molecular weight is 426 g/mol. The van der Waals surface area contributed by atoms with E-state index in [0.29, 0.717) is 10.9 Å². The smallest absolute Gasteiger partial charge is 0.433 e. The molecule has 1 amide bonds. The Morgan fingerprint density at radius 2 is 2.13 bits per heavy atom. The molecule has 0 aliphatic carbocycles. The van der Waals surface area contributed by atoms with Crippen LogP contribution < -0.4 is 0 Å². The largest absolute Gasteiger partial charge is 0.493 e. The molecule has 0 bridgehead atoms. The lowest BCUT2D eigenvalue weighted by Gasteiger charge is -1.92. The van der Waals surface area contributed by atoms with E-state index in [0.717, 1.165) is 15.7 Å². The molecule has 0 saturated carbocycles. The van der Waals surface area contributed by atoms with Gasteiger partial charge in [0.1, 0.15) is 4.92 Å². The molecular formula is C13H7IN4O5. The molecule has 0 unspecified atom stereocenters. The zero-order valence-electron chi connectivity index (χ0n) is 11.2. The third-order valence-corrected chi connectivity index (χ3v) is 3.61. The number of aromatic nitrogens is 1. The summed E-state index contributed by atoms with van der Waals surface area (Å²) in [4.78, 5) is 24.3. The summed E-state index contributed by atoms with van der Waals surface area (Å²) in [6, 6.07) is 7.55. The number of carbonyl (C=O) groups excluding carboxylic acids is 1. The molecule has 2 heterocycles. The summed E-state index contributed by atoms with van der Waals surface area (Å²) >= 11 is 2.10. The Hall–Kier alpha value is -2.76. The van der Waals surface area contributed by atoms with Gasteiger partial charge in [-0.25, -0.2) is 0 Å². The SMILES string of the molecule is O=C(N=Nc1c(O)[nH]c2ccc(I)cc12)c1ccc([N+](=O)[O-])o1. The molecular weight excluding hydrogens is 419 g/mol. The van der Waals surface area contributed by atoms with Gasteiger partial charge in [0.15, 0.2) is 5.69 Å². The van der Waals surface area contributed by atoms with Crippen LogP contribution in [-0.4, -0.2) is 20.9 Å². The summed E-state index contributed by atoms with van der Waals surface area (Å²) in [7, 11) is 0. The van der Waals surface area contributed by atoms with Crippen molar-refractivity contribution in [1.82, 2.24) is 4.98 Å². The van der Waals surface area contributed by atoms with Gasteiger partial charge in [-0.3, -0.25) is 14.9 Å². The number of fused-ring (bicyclic) bond motifs is 1. The maximum atomic E-state index is 11.8. The molecule has 0 aliphatic heterocycles. The zero-order valence-corrected chi connectivity index (χ0v) is 13.3. The number of amides is 1. The van der Waals surface area contributed by atoms with Crippen molar-refractivity contribution < 1.29 is 19.2 Å². The lowest BCUT2D eigenvalue weighted by Crippen LogP contribution is -1.90. The fourth-order valence-electron chi connectivity index (χ4n) is 1.92. The molecule has 0 radical (unpaired) electrons. The van der Waals surface area contributed by atoms with Crippen molar-refractivity contribution in [2.75, 3.05) is 0 Å². The highest BCUT2D eigenvalue weighted by atomic mass is 127. The molecule has 2 aromatic heterocycles. The number of hydrogen-bond donors (Lipinski definition) is 2. The second kappa shape index (κ2) is 5.79. The predicted octanol–water partition coefficient (Wildman–Crippen LogP) is 3.90. The minimum absolute atomic E-state index is 0.105. The van der Waals surface area contributed by atoms with E-state index in [2.05, 4.69) is 37.8 Å². The van der Waals surface area contributed by atoms with E-state index in [1.165, 1.54) is 0 Å². The lowest BCUT2D eigenvalue weighted by molar-refractivity contribution is -0.402. The van der Waals surface area contributed by atoms with Crippen LogP contribution in [0.3, 0.4) is 0 Å². The van der Waals surface area contributed by atoms with Crippen LogP contribution in [0.5, 0.6) is 5.88 Å². The summed E-state index contributed by atoms with van der Waals surface area (Å²) in [5.41, 5.74) is 0.742. The van der Waals surface area contributed by atoms with Gasteiger partial charge in [0.05, 0.1) is 11.6 Å². The van der Waals surface area contributed by atoms with Gasteiger partial charge >= 0.3 is 11.8 Å². The molecule has 3 rings (SSSR count). The molecule has 1 aromatic carbocycles. The second-order valence-electron chi connectivity index (χ2n) is 4.41. The predicted molar refractivity (Wildman–Crippen MR) is 86.9 cm³/mol. The summed E-state index contributed by atoms with van der Waals surface area (Å²) in [5.74, 6) is -2.00. The summed E-state index contributed by atoms with van der Waals surface area (Å²) < 4.78 is 5.66. The van der Waals surface area contributed by atoms with E-state index in [-0.39, 0.29) is 17.3 Å². The Morgan fingerprint density at radius 3 is 2.83 bits per heavy atom. The van der Waals surface area contributed by atoms with Crippen molar-refractivity contribution in [3.05, 3.63) is 49.8 Å². The minimum atomic E-state index is -0.891. The monoisotopic (exact) mass is 426 g/mol. The molecule has 0 fully saturated rings. The number of rotatable bonds is 3. The third-order valence-electron chi connectivity index (χ3n) is 2.94. The van der Waals surface area contributed by atoms with E-state index in [1.54, 1.807) is 12.1 Å². The van der Waals surface area contributed by atoms with Crippen molar-refractivity contribution in [1.29, 1.82) is 0 Å². The molecule has 116 valence electrons. The van der Waals surface area contributed by atoms with Crippen LogP contribution in [0.15, 0.2) is 45.0 Å². The molecule has 3 aromatic rings. The first-order valence-electron chi connectivity index (χ1n) is 6.16. The normalized spacial score (nSPS) is 11.3. The van der Waals surface area contributed by atoms with Crippen LogP contribution in [0.1, 0.15) is 10.6 Å². The van der Waals surface area contributed by atoms with Crippen molar-refractivity contribution in [2.45, 2.75) is 0 Å². The van der Waals surface area contributed by atoms with Gasteiger partial charge in [0.25, 0.3) is 0 Å². The highest BCUT2D eigenvalue weighted by Crippen LogP contribution is 2.36. The zero-order chi connectivity index (χ0) is 16.6. The number of nitrogens with zero attached hydrogens (tertiary/aromatic N) is 3. The molecule has 23 heavy (non-hydrogen) atoms. The first-order chi connectivity index (χ1) is 11.0. The van der Waals surface area contributed by atoms with Gasteiger partial charge in [-0.05, 0) is 46.9 Å². The van der Waals surface area contributed by atoms with Crippen molar-refractivity contribution in [2.24, 2.45) is 10.2 Å². The van der Waals surface area contributed by atoms with Crippen LogP contribution >= 0.6 is 22.6 Å². The Kier molecular flexibility index (Phi) is 3.82. The lowest BCUT2D eigenvalue weighted by atomic mass is 10.2. The summed E-state index contributed by atoms with van der Waals surface area (Å²) in [6.45, 7) is 0. The van der Waals surface area contributed by atoms with Crippen LogP contribution in [0.4, 0.5) is 11.6 Å². The van der Waals surface area contributed by atoms with Crippen molar-refractivity contribution in [3.63, 3.8) is 0 Å². The van der Waals surface area contributed by atoms with Gasteiger partial charge in [-0.15, -0.1) is 10.2 Å². The van der Waals surface area contributed by atoms with E-state index in [4.69, 9.17) is 4.42 Å². The number of halogens is 1. The first kappa shape index (κ1) is 15.1. The van der Waals surface area contributed by atoms with Crippen LogP contribution in [0.25, 0.3) is 10.9 Å². The standard InChI is InChI=1S/C13H7IN4O5/c14-6-1-2-8-7(5-6)11(13(20)15-8)16-17-12(19)9-3-4-10(23-9)18(21)22/h1-5,15,20H. The van der Waals surface area contributed by atoms with Crippen molar-refractivity contribution in [3.8, 4) is 5.88 Å². The topological polar surface area (TPSA) is 134 Å². The molecule has 2 N–H and O–H groups in total. The maximum absolute atomic E-state index is 11.8. The van der Waals surface area contributed by atoms with Crippen LogP contribution in [-0.2, 0) is 0 Å². The minimum Gasteiger partial charge on any atom is -0.493 e. The number of aromatic hydroxyl groups is 1. The van der Waals surface area contributed by atoms with Crippen LogP contribution in [0, 0.1) is 13.7 Å². The van der Waals surface area contributed by atoms with E-state index < -0.39 is 16.7 Å². The average Bonchev–Trinajstić information content (AvgIpc) is 3.10. The third kappa shape index (κ3) is 2.92. The number of H-pyrrole nitrogens is 1. The summed E-state index contributed by atoms with van der Waals surface area (Å²) in [6.07, 6.45) is 0.